The molecular formula is C27H30N4O6. The van der Waals surface area contributed by atoms with Gasteiger partial charge >= 0.3 is 6.03 Å². The molecule has 37 heavy (non-hydrogen) atoms. The van der Waals surface area contributed by atoms with Crippen molar-refractivity contribution in [2.24, 2.45) is 5.92 Å². The average molecular weight is 507 g/mol. The summed E-state index contributed by atoms with van der Waals surface area (Å²) in [6.07, 6.45) is 3.39. The third-order valence-corrected chi connectivity index (χ3v) is 7.21. The van der Waals surface area contributed by atoms with E-state index in [0.717, 1.165) is 36.1 Å². The molecule has 2 aromatic carbocycles. The Labute approximate surface area is 214 Å². The van der Waals surface area contributed by atoms with Crippen LogP contribution in [0.3, 0.4) is 0 Å². The van der Waals surface area contributed by atoms with Crippen LogP contribution in [0, 0.1) is 5.92 Å². The molecule has 0 bridgehead atoms. The van der Waals surface area contributed by atoms with Crippen LogP contribution in [0.4, 0.5) is 10.5 Å². The Morgan fingerprint density at radius 2 is 1.89 bits per heavy atom. The summed E-state index contributed by atoms with van der Waals surface area (Å²) in [7, 11) is 0. The first kappa shape index (κ1) is 24.8. The van der Waals surface area contributed by atoms with E-state index < -0.39 is 11.9 Å². The van der Waals surface area contributed by atoms with E-state index in [2.05, 4.69) is 16.0 Å². The second-order valence-corrected chi connectivity index (χ2v) is 9.83. The normalized spacial score (nSPS) is 23.0. The number of carbonyl (C=O) groups is 4. The molecule has 4 N–H and O–H groups in total. The monoisotopic (exact) mass is 506 g/mol. The number of fused-ring (bicyclic) bond motifs is 1. The van der Waals surface area contributed by atoms with E-state index in [1.165, 1.54) is 4.90 Å². The van der Waals surface area contributed by atoms with Gasteiger partial charge in [-0.25, -0.2) is 4.79 Å². The van der Waals surface area contributed by atoms with Crippen molar-refractivity contribution >= 4 is 29.4 Å². The molecule has 10 heteroatoms. The number of imide groups is 1. The fourth-order valence-corrected chi connectivity index (χ4v) is 5.21. The van der Waals surface area contributed by atoms with Crippen LogP contribution in [-0.4, -0.2) is 52.5 Å². The lowest BCUT2D eigenvalue weighted by Gasteiger charge is -2.29. The average Bonchev–Trinajstić information content (AvgIpc) is 3.47. The van der Waals surface area contributed by atoms with Crippen LogP contribution in [0.15, 0.2) is 42.5 Å². The first-order chi connectivity index (χ1) is 17.9. The maximum absolute atomic E-state index is 12.8. The molecule has 10 nitrogen and oxygen atoms in total. The van der Waals surface area contributed by atoms with Crippen LogP contribution >= 0.6 is 0 Å². The lowest BCUT2D eigenvalue weighted by molar-refractivity contribution is -0.136. The molecule has 0 aromatic heterocycles. The van der Waals surface area contributed by atoms with Crippen LogP contribution in [0.25, 0.3) is 0 Å². The molecule has 2 aliphatic heterocycles. The summed E-state index contributed by atoms with van der Waals surface area (Å²) in [5.41, 5.74) is 2.78. The third-order valence-electron chi connectivity index (χ3n) is 7.21. The number of piperidine rings is 1. The molecule has 0 radical (unpaired) electrons. The molecule has 2 heterocycles. The van der Waals surface area contributed by atoms with E-state index in [1.54, 1.807) is 24.3 Å². The summed E-state index contributed by atoms with van der Waals surface area (Å²) in [5, 5.41) is 17.2. The number of urea groups is 1. The van der Waals surface area contributed by atoms with Gasteiger partial charge in [0.05, 0.1) is 6.10 Å². The standard InChI is InChI=1S/C27H30N4O6/c32-15-17-1-5-21(12-17)37-20-6-3-19(4-7-20)29-27(36)28-13-16-2-8-22-18(11-16)14-31(26(22)35)23-9-10-24(33)30-25(23)34/h2-4,6-8,11,17,21,23,32H,1,5,9-10,12-15H2,(H2,28,29,36)(H,30,33,34)/t17-,21+,23+/m0/s1. The Balaban J connectivity index is 1.11. The molecule has 3 aliphatic rings. The van der Waals surface area contributed by atoms with Gasteiger partial charge in [0.2, 0.25) is 11.8 Å². The van der Waals surface area contributed by atoms with E-state index in [4.69, 9.17) is 4.74 Å². The van der Waals surface area contributed by atoms with Gasteiger partial charge in [0.15, 0.2) is 0 Å². The molecule has 2 fully saturated rings. The van der Waals surface area contributed by atoms with Gasteiger partial charge < -0.3 is 25.4 Å². The van der Waals surface area contributed by atoms with Gasteiger partial charge in [-0.15, -0.1) is 0 Å². The third kappa shape index (κ3) is 5.59. The number of anilines is 1. The highest BCUT2D eigenvalue weighted by Crippen LogP contribution is 2.30. The zero-order valence-electron chi connectivity index (χ0n) is 20.4. The summed E-state index contributed by atoms with van der Waals surface area (Å²) >= 11 is 0. The van der Waals surface area contributed by atoms with Crippen LogP contribution in [-0.2, 0) is 22.7 Å². The zero-order chi connectivity index (χ0) is 25.9. The zero-order valence-corrected chi connectivity index (χ0v) is 20.4. The molecular weight excluding hydrogens is 476 g/mol. The maximum atomic E-state index is 12.8. The number of hydrogen-bond acceptors (Lipinski definition) is 6. The number of amides is 5. The van der Waals surface area contributed by atoms with Crippen molar-refractivity contribution < 1.29 is 29.0 Å². The van der Waals surface area contributed by atoms with Gasteiger partial charge in [0.25, 0.3) is 5.91 Å². The van der Waals surface area contributed by atoms with Crippen LogP contribution < -0.4 is 20.7 Å². The highest BCUT2D eigenvalue weighted by Gasteiger charge is 2.39. The minimum Gasteiger partial charge on any atom is -0.490 e. The van der Waals surface area contributed by atoms with Crippen molar-refractivity contribution in [2.75, 3.05) is 11.9 Å². The number of carbonyl (C=O) groups excluding carboxylic acids is 4. The Morgan fingerprint density at radius 3 is 2.62 bits per heavy atom. The largest absolute Gasteiger partial charge is 0.490 e. The molecule has 2 aromatic rings. The maximum Gasteiger partial charge on any atom is 0.319 e. The minimum absolute atomic E-state index is 0.109. The predicted molar refractivity (Wildman–Crippen MR) is 134 cm³/mol. The van der Waals surface area contributed by atoms with E-state index in [9.17, 15) is 24.3 Å². The Bertz CT molecular complexity index is 1210. The van der Waals surface area contributed by atoms with Crippen molar-refractivity contribution in [2.45, 2.75) is 57.3 Å². The molecule has 5 amide bonds. The van der Waals surface area contributed by atoms with Crippen LogP contribution in [0.2, 0.25) is 0 Å². The van der Waals surface area contributed by atoms with Gasteiger partial charge in [0.1, 0.15) is 11.8 Å². The van der Waals surface area contributed by atoms with Gasteiger partial charge in [-0.2, -0.15) is 0 Å². The summed E-state index contributed by atoms with van der Waals surface area (Å²) in [5.74, 6) is 0.0562. The number of nitrogens with one attached hydrogen (secondary N) is 3. The number of benzene rings is 2. The molecule has 5 rings (SSSR count). The second-order valence-electron chi connectivity index (χ2n) is 9.83. The predicted octanol–water partition coefficient (Wildman–Crippen LogP) is 2.31. The second kappa shape index (κ2) is 10.6. The number of ether oxygens (including phenoxy) is 1. The van der Waals surface area contributed by atoms with E-state index >= 15 is 0 Å². The van der Waals surface area contributed by atoms with Gasteiger partial charge in [-0.3, -0.25) is 19.7 Å². The SMILES string of the molecule is O=C1CC[C@@H](N2Cc3cc(CNC(=O)Nc4ccc(O[C@@H]5CC[C@H](CO)C5)cc4)ccc3C2=O)C(=O)N1. The summed E-state index contributed by atoms with van der Waals surface area (Å²) in [4.78, 5) is 50.4. The fraction of sp³-hybridized carbons (Fsp3) is 0.407. The summed E-state index contributed by atoms with van der Waals surface area (Å²) in [6, 6.07) is 11.5. The molecule has 0 spiro atoms. The van der Waals surface area contributed by atoms with Crippen molar-refractivity contribution in [1.29, 1.82) is 0 Å². The van der Waals surface area contributed by atoms with E-state index in [1.807, 2.05) is 18.2 Å². The molecule has 194 valence electrons. The quantitative estimate of drug-likeness (QED) is 0.426. The molecule has 3 atom stereocenters. The van der Waals surface area contributed by atoms with Crippen molar-refractivity contribution in [1.82, 2.24) is 15.5 Å². The molecule has 1 saturated heterocycles. The minimum atomic E-state index is -0.655. The van der Waals surface area contributed by atoms with Gasteiger partial charge in [-0.05, 0) is 73.1 Å². The number of aliphatic hydroxyl groups is 1. The number of nitrogens with zero attached hydrogens (tertiary/aromatic N) is 1. The highest BCUT2D eigenvalue weighted by atomic mass is 16.5. The van der Waals surface area contributed by atoms with E-state index in [-0.39, 0.29) is 50.1 Å². The Hall–Kier alpha value is -3.92. The summed E-state index contributed by atoms with van der Waals surface area (Å²) in [6.45, 7) is 0.749. The lowest BCUT2D eigenvalue weighted by Crippen LogP contribution is -2.52. The molecule has 1 aliphatic carbocycles. The molecule has 0 unspecified atom stereocenters. The highest BCUT2D eigenvalue weighted by molar-refractivity contribution is 6.05. The number of aliphatic hydroxyl groups excluding tert-OH is 1. The van der Waals surface area contributed by atoms with Crippen LogP contribution in [0.1, 0.15) is 53.6 Å². The number of rotatable bonds is 7. The Morgan fingerprint density at radius 1 is 1.08 bits per heavy atom. The first-order valence-corrected chi connectivity index (χ1v) is 12.6. The summed E-state index contributed by atoms with van der Waals surface area (Å²) < 4.78 is 5.97. The smallest absolute Gasteiger partial charge is 0.319 e. The van der Waals surface area contributed by atoms with Crippen molar-refractivity contribution in [3.8, 4) is 5.75 Å². The molecule has 1 saturated carbocycles. The van der Waals surface area contributed by atoms with E-state index in [0.29, 0.717) is 23.6 Å². The number of hydrogen-bond donors (Lipinski definition) is 4. The van der Waals surface area contributed by atoms with Gasteiger partial charge in [0, 0.05) is 37.4 Å². The topological polar surface area (TPSA) is 137 Å². The fourth-order valence-electron chi connectivity index (χ4n) is 5.21. The lowest BCUT2D eigenvalue weighted by atomic mass is 10.0. The van der Waals surface area contributed by atoms with Crippen molar-refractivity contribution in [3.63, 3.8) is 0 Å². The Kier molecular flexibility index (Phi) is 7.09. The first-order valence-electron chi connectivity index (χ1n) is 12.6. The van der Waals surface area contributed by atoms with Crippen LogP contribution in [0.5, 0.6) is 5.75 Å². The van der Waals surface area contributed by atoms with Crippen molar-refractivity contribution in [3.05, 3.63) is 59.2 Å². The van der Waals surface area contributed by atoms with Gasteiger partial charge in [-0.1, -0.05) is 12.1 Å².